The van der Waals surface area contributed by atoms with E-state index in [1.807, 2.05) is 0 Å². The van der Waals surface area contributed by atoms with E-state index in [4.69, 9.17) is 10.5 Å². The Kier molecular flexibility index (Phi) is 1.98. The fourth-order valence-corrected chi connectivity index (χ4v) is 0.375. The second-order valence-corrected chi connectivity index (χ2v) is 2.10. The van der Waals surface area contributed by atoms with E-state index in [9.17, 15) is 0 Å². The molecule has 0 aliphatic carbocycles. The van der Waals surface area contributed by atoms with E-state index in [1.165, 1.54) is 20.8 Å². The Morgan fingerprint density at radius 2 is 2.00 bits per heavy atom. The highest BCUT2D eigenvalue weighted by molar-refractivity contribution is 5.69. The van der Waals surface area contributed by atoms with E-state index in [1.54, 1.807) is 0 Å². The molecule has 0 saturated carbocycles. The zero-order chi connectivity index (χ0) is 6.78. The van der Waals surface area contributed by atoms with Crippen molar-refractivity contribution in [1.82, 2.24) is 0 Å². The van der Waals surface area contributed by atoms with Gasteiger partial charge in [-0.3, -0.25) is 5.41 Å². The van der Waals surface area contributed by atoms with Crippen LogP contribution >= 0.6 is 0 Å². The lowest BCUT2D eigenvalue weighted by molar-refractivity contribution is -0.115. The lowest BCUT2D eigenvalue weighted by Crippen LogP contribution is -2.25. The Balaban J connectivity index is 3.55. The molecule has 0 aromatic rings. The number of rotatable bonds is 1. The van der Waals surface area contributed by atoms with Gasteiger partial charge in [0.1, 0.15) is 0 Å². The van der Waals surface area contributed by atoms with Crippen molar-refractivity contribution in [3.63, 3.8) is 0 Å². The molecule has 0 aromatic carbocycles. The van der Waals surface area contributed by atoms with Gasteiger partial charge in [-0.2, -0.15) is 0 Å². The smallest absolute Gasteiger partial charge is 0.203 e. The molecule has 0 bridgehead atoms. The molecule has 0 aromatic heterocycles. The topological polar surface area (TPSA) is 53.3 Å². The summed E-state index contributed by atoms with van der Waals surface area (Å²) < 4.78 is 4.58. The Morgan fingerprint density at radius 3 is 2.00 bits per heavy atom. The average molecular weight is 117 g/mol. The van der Waals surface area contributed by atoms with Crippen molar-refractivity contribution in [3.8, 4) is 0 Å². The van der Waals surface area contributed by atoms with Gasteiger partial charge in [-0.15, -0.1) is 0 Å². The minimum atomic E-state index is -1.20. The molecule has 0 aliphatic rings. The van der Waals surface area contributed by atoms with Gasteiger partial charge in [-0.05, 0) is 0 Å². The first-order chi connectivity index (χ1) is 3.42. The Morgan fingerprint density at radius 1 is 1.62 bits per heavy atom. The highest BCUT2D eigenvalue weighted by Crippen LogP contribution is 2.01. The fraction of sp³-hybridized carbons (Fsp3) is 0.800. The molecule has 48 valence electrons. The van der Waals surface area contributed by atoms with Gasteiger partial charge < -0.3 is 9.84 Å². The van der Waals surface area contributed by atoms with Crippen LogP contribution < -0.4 is 0 Å². The zero-order valence-electron chi connectivity index (χ0n) is 5.36. The summed E-state index contributed by atoms with van der Waals surface area (Å²) in [6.07, 6.45) is 0. The van der Waals surface area contributed by atoms with Crippen LogP contribution in [0.15, 0.2) is 0 Å². The van der Waals surface area contributed by atoms with Crippen LogP contribution in [0.5, 0.6) is 0 Å². The third-order valence-electron chi connectivity index (χ3n) is 0.403. The van der Waals surface area contributed by atoms with Crippen molar-refractivity contribution < 1.29 is 9.84 Å². The monoisotopic (exact) mass is 117 g/mol. The van der Waals surface area contributed by atoms with E-state index in [-0.39, 0.29) is 5.90 Å². The van der Waals surface area contributed by atoms with Gasteiger partial charge >= 0.3 is 0 Å². The van der Waals surface area contributed by atoms with Crippen molar-refractivity contribution in [2.24, 2.45) is 0 Å². The van der Waals surface area contributed by atoms with Gasteiger partial charge in [0, 0.05) is 20.8 Å². The molecule has 0 unspecified atom stereocenters. The van der Waals surface area contributed by atoms with Crippen molar-refractivity contribution >= 4 is 5.90 Å². The van der Waals surface area contributed by atoms with Crippen LogP contribution in [0.3, 0.4) is 0 Å². The normalized spacial score (nSPS) is 11.0. The third kappa shape index (κ3) is 5.43. The van der Waals surface area contributed by atoms with Crippen molar-refractivity contribution in [3.05, 3.63) is 0 Å². The van der Waals surface area contributed by atoms with Crippen molar-refractivity contribution in [2.45, 2.75) is 26.6 Å². The van der Waals surface area contributed by atoms with Gasteiger partial charge in [0.05, 0.1) is 0 Å². The van der Waals surface area contributed by atoms with Gasteiger partial charge in [0.2, 0.25) is 5.79 Å². The summed E-state index contributed by atoms with van der Waals surface area (Å²) in [6, 6.07) is 0. The highest BCUT2D eigenvalue weighted by atomic mass is 16.6. The Hall–Kier alpha value is -0.570. The van der Waals surface area contributed by atoms with Crippen molar-refractivity contribution in [1.29, 1.82) is 5.41 Å². The van der Waals surface area contributed by atoms with Crippen LogP contribution in [-0.2, 0) is 4.74 Å². The Labute approximate surface area is 48.8 Å². The number of hydrogen-bond donors (Lipinski definition) is 2. The summed E-state index contributed by atoms with van der Waals surface area (Å²) in [5.41, 5.74) is 0. The van der Waals surface area contributed by atoms with E-state index >= 15 is 0 Å². The number of nitrogens with one attached hydrogen (secondary N) is 1. The first-order valence-electron chi connectivity index (χ1n) is 2.38. The summed E-state index contributed by atoms with van der Waals surface area (Å²) in [5, 5.41) is 15.6. The summed E-state index contributed by atoms with van der Waals surface area (Å²) in [5.74, 6) is -1.18. The van der Waals surface area contributed by atoms with Crippen LogP contribution in [0.25, 0.3) is 0 Å². The molecule has 3 heteroatoms. The largest absolute Gasteiger partial charge is 0.451 e. The average Bonchev–Trinajstić information content (AvgIpc) is 1.21. The van der Waals surface area contributed by atoms with Gasteiger partial charge in [0.15, 0.2) is 5.90 Å². The van der Waals surface area contributed by atoms with Crippen LogP contribution in [0.2, 0.25) is 0 Å². The second-order valence-electron chi connectivity index (χ2n) is 2.10. The molecular weight excluding hydrogens is 106 g/mol. The fourth-order valence-electron chi connectivity index (χ4n) is 0.375. The molecule has 0 fully saturated rings. The van der Waals surface area contributed by atoms with E-state index in [0.717, 1.165) is 0 Å². The molecular formula is C5H11NO2. The molecule has 0 atom stereocenters. The SMILES string of the molecule is CC(=N)OC(C)(C)O. The maximum absolute atomic E-state index is 8.82. The molecule has 8 heavy (non-hydrogen) atoms. The lowest BCUT2D eigenvalue weighted by atomic mass is 10.4. The number of aliphatic hydroxyl groups is 1. The van der Waals surface area contributed by atoms with Crippen LogP contribution in [0.4, 0.5) is 0 Å². The molecule has 2 N–H and O–H groups in total. The van der Waals surface area contributed by atoms with E-state index in [2.05, 4.69) is 4.74 Å². The maximum atomic E-state index is 8.82. The summed E-state index contributed by atoms with van der Waals surface area (Å²) >= 11 is 0. The standard InChI is InChI=1S/C5H11NO2/c1-4(6)8-5(2,3)7/h6-7H,1-3H3. The second kappa shape index (κ2) is 2.13. The first-order valence-corrected chi connectivity index (χ1v) is 2.38. The number of ether oxygens (including phenoxy) is 1. The summed E-state index contributed by atoms with van der Waals surface area (Å²) in [4.78, 5) is 0. The molecule has 0 amide bonds. The van der Waals surface area contributed by atoms with Crippen LogP contribution in [0, 0.1) is 5.41 Å². The minimum Gasteiger partial charge on any atom is -0.451 e. The predicted molar refractivity (Wildman–Crippen MR) is 30.8 cm³/mol. The molecule has 0 saturated heterocycles. The van der Waals surface area contributed by atoms with Crippen molar-refractivity contribution in [2.75, 3.05) is 0 Å². The first kappa shape index (κ1) is 7.43. The number of hydrogen-bond acceptors (Lipinski definition) is 3. The van der Waals surface area contributed by atoms with Gasteiger partial charge in [-0.1, -0.05) is 0 Å². The van der Waals surface area contributed by atoms with Gasteiger partial charge in [-0.25, -0.2) is 0 Å². The molecule has 0 heterocycles. The van der Waals surface area contributed by atoms with E-state index < -0.39 is 5.79 Å². The van der Waals surface area contributed by atoms with Crippen LogP contribution in [0.1, 0.15) is 20.8 Å². The van der Waals surface area contributed by atoms with Crippen LogP contribution in [-0.4, -0.2) is 16.8 Å². The zero-order valence-corrected chi connectivity index (χ0v) is 5.36. The minimum absolute atomic E-state index is 0.0255. The maximum Gasteiger partial charge on any atom is 0.203 e. The molecule has 0 aliphatic heterocycles. The highest BCUT2D eigenvalue weighted by Gasteiger charge is 2.12. The predicted octanol–water partition coefficient (Wildman–Crippen LogP) is 0.729. The third-order valence-corrected chi connectivity index (χ3v) is 0.403. The quantitative estimate of drug-likeness (QED) is 0.302. The molecule has 0 spiro atoms. The summed E-state index contributed by atoms with van der Waals surface area (Å²) in [7, 11) is 0. The van der Waals surface area contributed by atoms with E-state index in [0.29, 0.717) is 0 Å². The molecule has 0 rings (SSSR count). The van der Waals surface area contributed by atoms with Gasteiger partial charge in [0.25, 0.3) is 0 Å². The Bertz CT molecular complexity index is 93.1. The molecule has 0 radical (unpaired) electrons. The molecule has 3 nitrogen and oxygen atoms in total. The summed E-state index contributed by atoms with van der Waals surface area (Å²) in [6.45, 7) is 4.42. The lowest BCUT2D eigenvalue weighted by Gasteiger charge is -2.17.